The summed E-state index contributed by atoms with van der Waals surface area (Å²) in [7, 11) is 0. The highest BCUT2D eigenvalue weighted by Gasteiger charge is 2.28. The van der Waals surface area contributed by atoms with Gasteiger partial charge in [0, 0.05) is 11.4 Å². The number of nitrogens with zero attached hydrogens (tertiary/aromatic N) is 2. The van der Waals surface area contributed by atoms with Gasteiger partial charge in [0.2, 0.25) is 0 Å². The van der Waals surface area contributed by atoms with Gasteiger partial charge in [-0.1, -0.05) is 43.0 Å². The summed E-state index contributed by atoms with van der Waals surface area (Å²) in [6, 6.07) is 16.0. The van der Waals surface area contributed by atoms with Gasteiger partial charge < -0.3 is 10.0 Å². The molecule has 0 radical (unpaired) electrons. The lowest BCUT2D eigenvalue weighted by Crippen LogP contribution is -2.29. The molecule has 0 fully saturated rings. The van der Waals surface area contributed by atoms with Crippen LogP contribution in [0, 0.1) is 11.3 Å². The zero-order valence-electron chi connectivity index (χ0n) is 11.8. The summed E-state index contributed by atoms with van der Waals surface area (Å²) in [4.78, 5) is 3.08. The van der Waals surface area contributed by atoms with E-state index in [1.54, 1.807) is 0 Å². The van der Waals surface area contributed by atoms with Crippen molar-refractivity contribution in [2.75, 3.05) is 11.4 Å². The lowest BCUT2D eigenvalue weighted by molar-refractivity contribution is 0.259. The Hall–Kier alpha value is -1.96. The molecule has 0 amide bonds. The number of aliphatic hydroxyl groups excluding tert-OH is 1. The summed E-state index contributed by atoms with van der Waals surface area (Å²) in [6.45, 7) is 2.95. The quantitative estimate of drug-likeness (QED) is 0.935. The van der Waals surface area contributed by atoms with Crippen LogP contribution < -0.4 is 4.90 Å². The van der Waals surface area contributed by atoms with Gasteiger partial charge in [0.1, 0.15) is 0 Å². The minimum atomic E-state index is -0.513. The second-order valence-corrected chi connectivity index (χ2v) is 6.07. The van der Waals surface area contributed by atoms with Gasteiger partial charge in [-0.05, 0) is 35.7 Å². The molecule has 21 heavy (non-hydrogen) atoms. The van der Waals surface area contributed by atoms with Crippen LogP contribution in [-0.4, -0.2) is 17.2 Å². The number of rotatable bonds is 3. The fourth-order valence-electron chi connectivity index (χ4n) is 2.61. The molecule has 1 heterocycles. The summed E-state index contributed by atoms with van der Waals surface area (Å²) in [5, 5.41) is 19.4. The fourth-order valence-corrected chi connectivity index (χ4v) is 3.69. The van der Waals surface area contributed by atoms with Crippen molar-refractivity contribution in [3.63, 3.8) is 0 Å². The molecule has 1 aliphatic heterocycles. The molecule has 4 heteroatoms. The Morgan fingerprint density at radius 1 is 1.29 bits per heavy atom. The molecule has 0 aromatic heterocycles. The minimum absolute atomic E-state index is 0.513. The van der Waals surface area contributed by atoms with Crippen LogP contribution in [0.3, 0.4) is 0 Å². The first-order valence-electron chi connectivity index (χ1n) is 6.99. The van der Waals surface area contributed by atoms with E-state index in [-0.39, 0.29) is 0 Å². The maximum absolute atomic E-state index is 10.1. The molecule has 3 nitrogen and oxygen atoms in total. The molecule has 1 unspecified atom stereocenters. The topological polar surface area (TPSA) is 47.3 Å². The number of benzene rings is 2. The molecule has 0 saturated carbocycles. The third-order valence-electron chi connectivity index (χ3n) is 3.59. The molecule has 0 spiro atoms. The largest absolute Gasteiger partial charge is 0.364 e. The smallest absolute Gasteiger partial charge is 0.180 e. The molecule has 0 bridgehead atoms. The number of thioether (sulfide) groups is 1. The molecule has 0 aliphatic carbocycles. The van der Waals surface area contributed by atoms with E-state index >= 15 is 0 Å². The van der Waals surface area contributed by atoms with Crippen molar-refractivity contribution in [2.45, 2.75) is 23.8 Å². The van der Waals surface area contributed by atoms with Crippen LogP contribution in [0.5, 0.6) is 0 Å². The van der Waals surface area contributed by atoms with Gasteiger partial charge in [-0.2, -0.15) is 5.26 Å². The van der Waals surface area contributed by atoms with Crippen LogP contribution in [0.4, 0.5) is 5.69 Å². The van der Waals surface area contributed by atoms with Crippen molar-refractivity contribution < 1.29 is 5.11 Å². The first-order chi connectivity index (χ1) is 10.2. The van der Waals surface area contributed by atoms with Crippen molar-refractivity contribution in [1.29, 1.82) is 5.26 Å². The SMILES string of the molecule is CCCN1c2ccc(-c3ccccc3C#N)cc2SC1O. The summed E-state index contributed by atoms with van der Waals surface area (Å²) in [5.41, 5.74) is 3.19. The highest BCUT2D eigenvalue weighted by molar-refractivity contribution is 8.00. The average Bonchev–Trinajstić information content (AvgIpc) is 2.83. The predicted molar refractivity (Wildman–Crippen MR) is 86.1 cm³/mol. The molecule has 3 rings (SSSR count). The Bertz CT molecular complexity index is 708. The second-order valence-electron chi connectivity index (χ2n) is 4.98. The monoisotopic (exact) mass is 296 g/mol. The molecule has 1 N–H and O–H groups in total. The Morgan fingerprint density at radius 2 is 2.10 bits per heavy atom. The summed E-state index contributed by atoms with van der Waals surface area (Å²) in [5.74, 6) is 0. The lowest BCUT2D eigenvalue weighted by atomic mass is 10.00. The third kappa shape index (κ3) is 2.51. The molecule has 2 aromatic carbocycles. The van der Waals surface area contributed by atoms with Gasteiger partial charge >= 0.3 is 0 Å². The van der Waals surface area contributed by atoms with Crippen molar-refractivity contribution in [3.8, 4) is 17.2 Å². The molecular weight excluding hydrogens is 280 g/mol. The Labute approximate surface area is 128 Å². The van der Waals surface area contributed by atoms with E-state index in [2.05, 4.69) is 19.1 Å². The van der Waals surface area contributed by atoms with E-state index in [1.807, 2.05) is 41.3 Å². The number of aliphatic hydroxyl groups is 1. The van der Waals surface area contributed by atoms with Crippen molar-refractivity contribution >= 4 is 17.4 Å². The zero-order valence-corrected chi connectivity index (χ0v) is 12.6. The Kier molecular flexibility index (Phi) is 3.87. The number of hydrogen-bond acceptors (Lipinski definition) is 4. The van der Waals surface area contributed by atoms with Crippen molar-refractivity contribution in [3.05, 3.63) is 48.0 Å². The number of hydrogen-bond donors (Lipinski definition) is 1. The standard InChI is InChI=1S/C17H16N2OS/c1-2-9-19-15-8-7-12(10-16(15)21-17(19)20)14-6-4-3-5-13(14)11-18/h3-8,10,17,20H,2,9H2,1H3. The highest BCUT2D eigenvalue weighted by atomic mass is 32.2. The first kappa shape index (κ1) is 14.0. The van der Waals surface area contributed by atoms with Crippen LogP contribution in [-0.2, 0) is 0 Å². The fraction of sp³-hybridized carbons (Fsp3) is 0.235. The third-order valence-corrected chi connectivity index (χ3v) is 4.64. The summed E-state index contributed by atoms with van der Waals surface area (Å²) in [6.07, 6.45) is 0.996. The van der Waals surface area contributed by atoms with Crippen LogP contribution in [0.2, 0.25) is 0 Å². The summed E-state index contributed by atoms with van der Waals surface area (Å²) >= 11 is 1.46. The number of anilines is 1. The van der Waals surface area contributed by atoms with Crippen LogP contribution >= 0.6 is 11.8 Å². The first-order valence-corrected chi connectivity index (χ1v) is 7.87. The lowest BCUT2D eigenvalue weighted by Gasteiger charge is -2.21. The van der Waals surface area contributed by atoms with Crippen molar-refractivity contribution in [2.24, 2.45) is 0 Å². The molecule has 2 aromatic rings. The zero-order chi connectivity index (χ0) is 14.8. The van der Waals surface area contributed by atoms with E-state index < -0.39 is 5.56 Å². The predicted octanol–water partition coefficient (Wildman–Crippen LogP) is 3.82. The van der Waals surface area contributed by atoms with Gasteiger partial charge in [0.25, 0.3) is 0 Å². The summed E-state index contributed by atoms with van der Waals surface area (Å²) < 4.78 is 0. The van der Waals surface area contributed by atoms with Crippen LogP contribution in [0.25, 0.3) is 11.1 Å². The van der Waals surface area contributed by atoms with E-state index in [0.29, 0.717) is 5.56 Å². The van der Waals surface area contributed by atoms with Gasteiger partial charge in [-0.15, -0.1) is 0 Å². The average molecular weight is 296 g/mol. The molecular formula is C17H16N2OS. The molecule has 106 valence electrons. The van der Waals surface area contributed by atoms with Gasteiger partial charge in [0.05, 0.1) is 17.3 Å². The van der Waals surface area contributed by atoms with Gasteiger partial charge in [-0.25, -0.2) is 0 Å². The Balaban J connectivity index is 2.02. The minimum Gasteiger partial charge on any atom is -0.364 e. The second kappa shape index (κ2) is 5.80. The van der Waals surface area contributed by atoms with E-state index in [9.17, 15) is 10.4 Å². The van der Waals surface area contributed by atoms with E-state index in [1.165, 1.54) is 11.8 Å². The van der Waals surface area contributed by atoms with Crippen LogP contribution in [0.15, 0.2) is 47.4 Å². The molecule has 1 atom stereocenters. The van der Waals surface area contributed by atoms with E-state index in [4.69, 9.17) is 0 Å². The molecule has 0 saturated heterocycles. The number of nitriles is 1. The van der Waals surface area contributed by atoms with Gasteiger partial charge in [0.15, 0.2) is 5.56 Å². The molecule has 1 aliphatic rings. The van der Waals surface area contributed by atoms with Crippen LogP contribution in [0.1, 0.15) is 18.9 Å². The Morgan fingerprint density at radius 3 is 2.86 bits per heavy atom. The normalized spacial score (nSPS) is 16.6. The van der Waals surface area contributed by atoms with Gasteiger partial charge in [-0.3, -0.25) is 0 Å². The highest BCUT2D eigenvalue weighted by Crippen LogP contribution is 2.44. The van der Waals surface area contributed by atoms with Crippen molar-refractivity contribution in [1.82, 2.24) is 0 Å². The maximum atomic E-state index is 10.1. The maximum Gasteiger partial charge on any atom is 0.180 e. The van der Waals surface area contributed by atoms with E-state index in [0.717, 1.165) is 34.7 Å². The number of fused-ring (bicyclic) bond motifs is 1.